The minimum atomic E-state index is -4.63. The molecule has 2 N–H and O–H groups in total. The van der Waals surface area contributed by atoms with Gasteiger partial charge >= 0.3 is 6.18 Å². The zero-order chi connectivity index (χ0) is 24.5. The molecule has 0 fully saturated rings. The molecule has 8 nitrogen and oxygen atoms in total. The first kappa shape index (κ1) is 23.3. The number of nitrogens with one attached hydrogen (secondary N) is 2. The minimum absolute atomic E-state index is 0.148. The van der Waals surface area contributed by atoms with Crippen LogP contribution in [0.1, 0.15) is 23.7 Å². The monoisotopic (exact) mass is 474 g/mol. The van der Waals surface area contributed by atoms with Crippen LogP contribution in [-0.4, -0.2) is 35.8 Å². The lowest BCUT2D eigenvalue weighted by Crippen LogP contribution is -2.24. The molecule has 178 valence electrons. The molecule has 0 aliphatic carbocycles. The van der Waals surface area contributed by atoms with Crippen molar-refractivity contribution >= 4 is 23.3 Å². The fourth-order valence-electron chi connectivity index (χ4n) is 3.83. The standard InChI is InChI=1S/C23H21F3N4O4/c1-33-12-17-20(13-7-9-14(34-2)10-8-13)21-28-22(32)18(30(21)29-17)11-19(31)27-16-6-4-3-5-15(16)23(24,25)26/h3-10,18H,11-12H2,1-2H3,(H,27,31)(H,28,32). The van der Waals surface area contributed by atoms with Gasteiger partial charge in [0.1, 0.15) is 17.6 Å². The van der Waals surface area contributed by atoms with E-state index in [0.29, 0.717) is 22.8 Å². The second kappa shape index (κ2) is 9.18. The van der Waals surface area contributed by atoms with Crippen LogP contribution in [0.25, 0.3) is 11.1 Å². The van der Waals surface area contributed by atoms with E-state index in [0.717, 1.165) is 17.7 Å². The van der Waals surface area contributed by atoms with Gasteiger partial charge in [-0.1, -0.05) is 24.3 Å². The Kier molecular flexibility index (Phi) is 6.29. The third kappa shape index (κ3) is 4.46. The van der Waals surface area contributed by atoms with Crippen molar-refractivity contribution in [3.63, 3.8) is 0 Å². The van der Waals surface area contributed by atoms with Gasteiger partial charge in [0.2, 0.25) is 5.91 Å². The van der Waals surface area contributed by atoms with Crippen LogP contribution in [0.3, 0.4) is 0 Å². The van der Waals surface area contributed by atoms with Crippen molar-refractivity contribution in [1.29, 1.82) is 0 Å². The number of rotatable bonds is 7. The Morgan fingerprint density at radius 3 is 2.50 bits per heavy atom. The average molecular weight is 474 g/mol. The third-order valence-corrected chi connectivity index (χ3v) is 5.37. The lowest BCUT2D eigenvalue weighted by atomic mass is 10.1. The fourth-order valence-corrected chi connectivity index (χ4v) is 3.83. The van der Waals surface area contributed by atoms with Crippen molar-refractivity contribution in [2.45, 2.75) is 25.2 Å². The molecule has 0 radical (unpaired) electrons. The molecule has 2 aromatic carbocycles. The molecule has 0 bridgehead atoms. The number of nitrogens with zero attached hydrogens (tertiary/aromatic N) is 2. The smallest absolute Gasteiger partial charge is 0.418 e. The van der Waals surface area contributed by atoms with Gasteiger partial charge < -0.3 is 20.1 Å². The van der Waals surface area contributed by atoms with E-state index in [1.165, 1.54) is 23.9 Å². The van der Waals surface area contributed by atoms with Gasteiger partial charge in [-0.05, 0) is 29.8 Å². The molecule has 1 atom stereocenters. The number of hydrogen-bond donors (Lipinski definition) is 2. The number of amides is 2. The second-order valence-corrected chi connectivity index (χ2v) is 7.58. The predicted octanol–water partition coefficient (Wildman–Crippen LogP) is 4.25. The second-order valence-electron chi connectivity index (χ2n) is 7.58. The first-order valence-corrected chi connectivity index (χ1v) is 10.2. The van der Waals surface area contributed by atoms with Crippen LogP contribution in [0.15, 0.2) is 48.5 Å². The van der Waals surface area contributed by atoms with Gasteiger partial charge in [0.25, 0.3) is 5.91 Å². The number of halogens is 3. The lowest BCUT2D eigenvalue weighted by molar-refractivity contribution is -0.137. The zero-order valence-corrected chi connectivity index (χ0v) is 18.3. The van der Waals surface area contributed by atoms with Crippen LogP contribution in [0.2, 0.25) is 0 Å². The van der Waals surface area contributed by atoms with Crippen molar-refractivity contribution in [2.75, 3.05) is 24.9 Å². The Labute approximate surface area is 192 Å². The van der Waals surface area contributed by atoms with Gasteiger partial charge in [0.05, 0.1) is 37.1 Å². The van der Waals surface area contributed by atoms with Gasteiger partial charge in [-0.25, -0.2) is 4.68 Å². The van der Waals surface area contributed by atoms with E-state index >= 15 is 0 Å². The normalized spacial score (nSPS) is 15.1. The van der Waals surface area contributed by atoms with E-state index in [2.05, 4.69) is 15.7 Å². The van der Waals surface area contributed by atoms with Crippen LogP contribution in [0, 0.1) is 0 Å². The summed E-state index contributed by atoms with van der Waals surface area (Å²) in [5.41, 5.74) is 0.568. The maximum Gasteiger partial charge on any atom is 0.418 e. The average Bonchev–Trinajstić information content (AvgIpc) is 3.28. The van der Waals surface area contributed by atoms with Gasteiger partial charge in [-0.2, -0.15) is 18.3 Å². The molecule has 34 heavy (non-hydrogen) atoms. The fraction of sp³-hybridized carbons (Fsp3) is 0.261. The largest absolute Gasteiger partial charge is 0.497 e. The van der Waals surface area contributed by atoms with E-state index in [4.69, 9.17) is 9.47 Å². The van der Waals surface area contributed by atoms with Gasteiger partial charge in [0, 0.05) is 12.7 Å². The van der Waals surface area contributed by atoms with Crippen molar-refractivity contribution in [1.82, 2.24) is 9.78 Å². The number of para-hydroxylation sites is 1. The summed E-state index contributed by atoms with van der Waals surface area (Å²) < 4.78 is 51.5. The van der Waals surface area contributed by atoms with E-state index in [9.17, 15) is 22.8 Å². The maximum atomic E-state index is 13.2. The van der Waals surface area contributed by atoms with Crippen LogP contribution in [0.4, 0.5) is 24.7 Å². The molecule has 3 aromatic rings. The number of hydrogen-bond acceptors (Lipinski definition) is 5. The summed E-state index contributed by atoms with van der Waals surface area (Å²) in [6, 6.07) is 10.7. The first-order chi connectivity index (χ1) is 16.2. The maximum absolute atomic E-state index is 13.2. The molecule has 1 unspecified atom stereocenters. The quantitative estimate of drug-likeness (QED) is 0.534. The Bertz CT molecular complexity index is 1220. The highest BCUT2D eigenvalue weighted by atomic mass is 19.4. The van der Waals surface area contributed by atoms with E-state index < -0.39 is 36.0 Å². The van der Waals surface area contributed by atoms with Crippen molar-refractivity contribution in [2.24, 2.45) is 0 Å². The molecule has 2 amide bonds. The number of anilines is 2. The molecule has 0 spiro atoms. The Balaban J connectivity index is 1.62. The molecule has 11 heteroatoms. The Hall–Kier alpha value is -3.86. The number of fused-ring (bicyclic) bond motifs is 1. The van der Waals surface area contributed by atoms with Crippen LogP contribution < -0.4 is 15.4 Å². The van der Waals surface area contributed by atoms with E-state index in [1.807, 2.05) is 0 Å². The molecule has 1 aliphatic heterocycles. The Morgan fingerprint density at radius 2 is 1.85 bits per heavy atom. The lowest BCUT2D eigenvalue weighted by Gasteiger charge is -2.14. The van der Waals surface area contributed by atoms with Gasteiger partial charge in [-0.3, -0.25) is 9.59 Å². The molecule has 1 aliphatic rings. The number of carbonyl (C=O) groups is 2. The molecule has 1 aromatic heterocycles. The topological polar surface area (TPSA) is 94.5 Å². The summed E-state index contributed by atoms with van der Waals surface area (Å²) in [4.78, 5) is 25.3. The molecular weight excluding hydrogens is 453 g/mol. The van der Waals surface area contributed by atoms with Crippen molar-refractivity contribution < 1.29 is 32.2 Å². The predicted molar refractivity (Wildman–Crippen MR) is 117 cm³/mol. The summed E-state index contributed by atoms with van der Waals surface area (Å²) in [5, 5.41) is 9.47. The summed E-state index contributed by atoms with van der Waals surface area (Å²) in [7, 11) is 3.05. The molecule has 0 saturated carbocycles. The number of carbonyl (C=O) groups excluding carboxylic acids is 2. The molecule has 2 heterocycles. The molecular formula is C23H21F3N4O4. The van der Waals surface area contributed by atoms with Crippen molar-refractivity contribution in [3.05, 3.63) is 59.8 Å². The number of ether oxygens (including phenoxy) is 2. The SMILES string of the molecule is COCc1nn2c(c1-c1ccc(OC)cc1)NC(=O)C2CC(=O)Nc1ccccc1C(F)(F)F. The highest BCUT2D eigenvalue weighted by molar-refractivity contribution is 6.04. The molecule has 0 saturated heterocycles. The number of benzene rings is 2. The summed E-state index contributed by atoms with van der Waals surface area (Å²) in [6.07, 6.45) is -5.03. The van der Waals surface area contributed by atoms with Crippen LogP contribution in [-0.2, 0) is 27.1 Å². The highest BCUT2D eigenvalue weighted by Crippen LogP contribution is 2.40. The van der Waals surface area contributed by atoms with Gasteiger partial charge in [0.15, 0.2) is 0 Å². The number of alkyl halides is 3. The van der Waals surface area contributed by atoms with Crippen LogP contribution in [0.5, 0.6) is 5.75 Å². The Morgan fingerprint density at radius 1 is 1.15 bits per heavy atom. The summed E-state index contributed by atoms with van der Waals surface area (Å²) >= 11 is 0. The van der Waals surface area contributed by atoms with Crippen LogP contribution >= 0.6 is 0 Å². The highest BCUT2D eigenvalue weighted by Gasteiger charge is 2.38. The first-order valence-electron chi connectivity index (χ1n) is 10.2. The van der Waals surface area contributed by atoms with E-state index in [1.54, 1.807) is 31.4 Å². The molecule has 4 rings (SSSR count). The number of methoxy groups -OCH3 is 2. The number of aromatic nitrogens is 2. The zero-order valence-electron chi connectivity index (χ0n) is 18.3. The minimum Gasteiger partial charge on any atom is -0.497 e. The summed E-state index contributed by atoms with van der Waals surface area (Å²) in [6.45, 7) is 0.148. The third-order valence-electron chi connectivity index (χ3n) is 5.37. The summed E-state index contributed by atoms with van der Waals surface area (Å²) in [5.74, 6) is -0.200. The van der Waals surface area contributed by atoms with Crippen molar-refractivity contribution in [3.8, 4) is 16.9 Å². The van der Waals surface area contributed by atoms with Gasteiger partial charge in [-0.15, -0.1) is 0 Å². The van der Waals surface area contributed by atoms with E-state index in [-0.39, 0.29) is 12.3 Å².